The predicted molar refractivity (Wildman–Crippen MR) is 111 cm³/mol. The number of aryl methyl sites for hydroxylation is 1. The van der Waals surface area contributed by atoms with E-state index >= 15 is 0 Å². The average molecular weight is 412 g/mol. The Morgan fingerprint density at radius 2 is 2.07 bits per heavy atom. The van der Waals surface area contributed by atoms with Crippen LogP contribution >= 0.6 is 11.6 Å². The summed E-state index contributed by atoms with van der Waals surface area (Å²) >= 11 is 5.86. The highest BCUT2D eigenvalue weighted by molar-refractivity contribution is 6.29. The van der Waals surface area contributed by atoms with Gasteiger partial charge in [0.15, 0.2) is 11.0 Å². The van der Waals surface area contributed by atoms with Crippen LogP contribution in [0, 0.1) is 6.92 Å². The van der Waals surface area contributed by atoms with Crippen LogP contribution in [-0.2, 0) is 4.79 Å². The molecule has 0 fully saturated rings. The summed E-state index contributed by atoms with van der Waals surface area (Å²) in [4.78, 5) is 12.6. The lowest BCUT2D eigenvalue weighted by Gasteiger charge is -2.25. The quantitative estimate of drug-likeness (QED) is 0.612. The molecule has 1 atom stereocenters. The monoisotopic (exact) mass is 411 g/mol. The molecular weight excluding hydrogens is 390 g/mol. The molecule has 1 amide bonds. The summed E-state index contributed by atoms with van der Waals surface area (Å²) in [5, 5.41) is 15.9. The number of ether oxygens (including phenoxy) is 1. The van der Waals surface area contributed by atoms with Gasteiger partial charge in [0.2, 0.25) is 5.91 Å². The summed E-state index contributed by atoms with van der Waals surface area (Å²) in [6, 6.07) is 11.3. The third kappa shape index (κ3) is 3.82. The number of unbranched alkanes of at least 4 members (excludes halogenated alkanes) is 1. The van der Waals surface area contributed by atoms with Crippen LogP contribution in [-0.4, -0.2) is 32.5 Å². The lowest BCUT2D eigenvalue weighted by Crippen LogP contribution is -2.25. The van der Waals surface area contributed by atoms with Crippen molar-refractivity contribution in [2.45, 2.75) is 39.0 Å². The lowest BCUT2D eigenvalue weighted by molar-refractivity contribution is -0.116. The maximum absolute atomic E-state index is 12.6. The Kier molecular flexibility index (Phi) is 5.49. The molecule has 150 valence electrons. The summed E-state index contributed by atoms with van der Waals surface area (Å²) in [6.07, 6.45) is 2.38. The molecule has 1 aromatic carbocycles. The Morgan fingerprint density at radius 1 is 1.24 bits per heavy atom. The van der Waals surface area contributed by atoms with E-state index in [-0.39, 0.29) is 11.8 Å². The van der Waals surface area contributed by atoms with E-state index in [1.165, 1.54) is 0 Å². The SMILES string of the molecule is CCCCOc1ccccc1C1CC(=O)Nc2c1c(C)nn2-c1ccc(Cl)nn1. The number of hydrogen-bond acceptors (Lipinski definition) is 5. The Hall–Kier alpha value is -2.93. The largest absolute Gasteiger partial charge is 0.493 e. The fraction of sp³-hybridized carbons (Fsp3) is 0.333. The van der Waals surface area contributed by atoms with E-state index in [9.17, 15) is 4.79 Å². The number of benzene rings is 1. The van der Waals surface area contributed by atoms with Crippen LogP contribution in [0.2, 0.25) is 5.15 Å². The topological polar surface area (TPSA) is 81.9 Å². The second kappa shape index (κ2) is 8.21. The predicted octanol–water partition coefficient (Wildman–Crippen LogP) is 4.28. The van der Waals surface area contributed by atoms with Gasteiger partial charge in [-0.05, 0) is 31.5 Å². The summed E-state index contributed by atoms with van der Waals surface area (Å²) in [5.41, 5.74) is 2.78. The lowest BCUT2D eigenvalue weighted by atomic mass is 9.85. The van der Waals surface area contributed by atoms with Gasteiger partial charge in [0.25, 0.3) is 0 Å². The molecule has 0 saturated heterocycles. The number of rotatable bonds is 6. The highest BCUT2D eigenvalue weighted by atomic mass is 35.5. The average Bonchev–Trinajstić information content (AvgIpc) is 3.05. The van der Waals surface area contributed by atoms with E-state index in [1.807, 2.05) is 31.2 Å². The first-order valence-electron chi connectivity index (χ1n) is 9.69. The maximum atomic E-state index is 12.6. The zero-order chi connectivity index (χ0) is 20.4. The molecule has 7 nitrogen and oxygen atoms in total. The number of anilines is 1. The molecular formula is C21H22ClN5O2. The zero-order valence-corrected chi connectivity index (χ0v) is 17.1. The van der Waals surface area contributed by atoms with Crippen molar-refractivity contribution in [2.75, 3.05) is 11.9 Å². The Bertz CT molecular complexity index is 1030. The first kappa shape index (κ1) is 19.4. The van der Waals surface area contributed by atoms with E-state index in [0.717, 1.165) is 35.4 Å². The van der Waals surface area contributed by atoms with Crippen molar-refractivity contribution in [1.29, 1.82) is 0 Å². The van der Waals surface area contributed by atoms with Crippen molar-refractivity contribution in [1.82, 2.24) is 20.0 Å². The van der Waals surface area contributed by atoms with Crippen LogP contribution in [0.5, 0.6) is 5.75 Å². The summed E-state index contributed by atoms with van der Waals surface area (Å²) in [5.74, 6) is 1.69. The Balaban J connectivity index is 1.78. The molecule has 4 rings (SSSR count). The van der Waals surface area contributed by atoms with Crippen molar-refractivity contribution in [2.24, 2.45) is 0 Å². The normalized spacial score (nSPS) is 15.7. The minimum Gasteiger partial charge on any atom is -0.493 e. The highest BCUT2D eigenvalue weighted by Gasteiger charge is 2.34. The van der Waals surface area contributed by atoms with Gasteiger partial charge in [0.1, 0.15) is 11.6 Å². The Morgan fingerprint density at radius 3 is 2.83 bits per heavy atom. The first-order valence-corrected chi connectivity index (χ1v) is 10.1. The molecule has 29 heavy (non-hydrogen) atoms. The van der Waals surface area contributed by atoms with Crippen molar-refractivity contribution < 1.29 is 9.53 Å². The van der Waals surface area contributed by atoms with Crippen LogP contribution in [0.25, 0.3) is 5.82 Å². The van der Waals surface area contributed by atoms with E-state index in [1.54, 1.807) is 16.8 Å². The zero-order valence-electron chi connectivity index (χ0n) is 16.4. The first-order chi connectivity index (χ1) is 14.1. The van der Waals surface area contributed by atoms with Crippen LogP contribution in [0.1, 0.15) is 48.9 Å². The molecule has 0 saturated carbocycles. The smallest absolute Gasteiger partial charge is 0.226 e. The van der Waals surface area contributed by atoms with Gasteiger partial charge in [-0.3, -0.25) is 4.79 Å². The van der Waals surface area contributed by atoms with Gasteiger partial charge in [-0.1, -0.05) is 43.1 Å². The summed E-state index contributed by atoms with van der Waals surface area (Å²) in [6.45, 7) is 4.71. The fourth-order valence-electron chi connectivity index (χ4n) is 3.63. The molecule has 8 heteroatoms. The van der Waals surface area contributed by atoms with Gasteiger partial charge in [0, 0.05) is 23.5 Å². The van der Waals surface area contributed by atoms with Gasteiger partial charge in [-0.25, -0.2) is 0 Å². The Labute approximate surface area is 174 Å². The number of carbonyl (C=O) groups is 1. The van der Waals surface area contributed by atoms with Gasteiger partial charge >= 0.3 is 0 Å². The van der Waals surface area contributed by atoms with Crippen molar-refractivity contribution in [3.63, 3.8) is 0 Å². The number of nitrogens with one attached hydrogen (secondary N) is 1. The molecule has 1 unspecified atom stereocenters. The fourth-order valence-corrected chi connectivity index (χ4v) is 3.73. The van der Waals surface area contributed by atoms with Crippen molar-refractivity contribution in [3.8, 4) is 11.6 Å². The third-order valence-corrected chi connectivity index (χ3v) is 5.19. The second-order valence-electron chi connectivity index (χ2n) is 7.02. The van der Waals surface area contributed by atoms with E-state index < -0.39 is 0 Å². The molecule has 0 aliphatic carbocycles. The number of amides is 1. The van der Waals surface area contributed by atoms with Gasteiger partial charge in [-0.2, -0.15) is 9.78 Å². The van der Waals surface area contributed by atoms with Gasteiger partial charge in [-0.15, -0.1) is 10.2 Å². The van der Waals surface area contributed by atoms with Crippen LogP contribution in [0.4, 0.5) is 5.82 Å². The molecule has 3 heterocycles. The number of carbonyl (C=O) groups excluding carboxylic acids is 1. The summed E-state index contributed by atoms with van der Waals surface area (Å²) < 4.78 is 7.64. The van der Waals surface area contributed by atoms with Crippen molar-refractivity contribution >= 4 is 23.3 Å². The van der Waals surface area contributed by atoms with Gasteiger partial charge in [0.05, 0.1) is 12.3 Å². The van der Waals surface area contributed by atoms with E-state index in [0.29, 0.717) is 29.8 Å². The van der Waals surface area contributed by atoms with E-state index in [2.05, 4.69) is 27.5 Å². The number of nitrogens with zero attached hydrogens (tertiary/aromatic N) is 4. The standard InChI is InChI=1S/C21H22ClN5O2/c1-3-4-11-29-16-8-6-5-7-14(16)15-12-19(28)23-21-20(15)13(2)26-27(21)18-10-9-17(22)24-25-18/h5-10,15H,3-4,11-12H2,1-2H3,(H,23,28). The number of aromatic nitrogens is 4. The molecule has 0 radical (unpaired) electrons. The molecule has 0 spiro atoms. The number of para-hydroxylation sites is 1. The van der Waals surface area contributed by atoms with Gasteiger partial charge < -0.3 is 10.1 Å². The molecule has 0 bridgehead atoms. The minimum atomic E-state index is -0.148. The van der Waals surface area contributed by atoms with E-state index in [4.69, 9.17) is 16.3 Å². The summed E-state index contributed by atoms with van der Waals surface area (Å²) in [7, 11) is 0. The van der Waals surface area contributed by atoms with Crippen LogP contribution < -0.4 is 10.1 Å². The van der Waals surface area contributed by atoms with Crippen LogP contribution in [0.3, 0.4) is 0 Å². The molecule has 1 N–H and O–H groups in total. The van der Waals surface area contributed by atoms with Crippen molar-refractivity contribution in [3.05, 3.63) is 58.4 Å². The molecule has 2 aromatic heterocycles. The molecule has 1 aliphatic heterocycles. The molecule has 1 aliphatic rings. The number of hydrogen-bond donors (Lipinski definition) is 1. The number of halogens is 1. The maximum Gasteiger partial charge on any atom is 0.226 e. The number of fused-ring (bicyclic) bond motifs is 1. The minimum absolute atomic E-state index is 0.0751. The van der Waals surface area contributed by atoms with Crippen LogP contribution in [0.15, 0.2) is 36.4 Å². The third-order valence-electron chi connectivity index (χ3n) is 4.99. The molecule has 3 aromatic rings. The highest BCUT2D eigenvalue weighted by Crippen LogP contribution is 2.42. The second-order valence-corrected chi connectivity index (χ2v) is 7.41.